The van der Waals surface area contributed by atoms with E-state index in [0.717, 1.165) is 33.6 Å². The quantitative estimate of drug-likeness (QED) is 0.449. The highest BCUT2D eigenvalue weighted by molar-refractivity contribution is 5.86. The largest absolute Gasteiger partial charge is 0.506 e. The van der Waals surface area contributed by atoms with Crippen LogP contribution in [0.15, 0.2) is 91.4 Å². The first kappa shape index (κ1) is 17.8. The number of hydrogen-bond donors (Lipinski definition) is 1. The molecule has 0 atom stereocenters. The zero-order valence-corrected chi connectivity index (χ0v) is 16.1. The van der Waals surface area contributed by atoms with Crippen LogP contribution in [0, 0.1) is 0 Å². The van der Waals surface area contributed by atoms with Gasteiger partial charge in [-0.2, -0.15) is 5.10 Å². The van der Waals surface area contributed by atoms with Crippen LogP contribution >= 0.6 is 0 Å². The van der Waals surface area contributed by atoms with Gasteiger partial charge in [-0.1, -0.05) is 36.4 Å². The van der Waals surface area contributed by atoms with Crippen molar-refractivity contribution in [1.29, 1.82) is 0 Å². The number of benzene rings is 2. The van der Waals surface area contributed by atoms with Gasteiger partial charge in [-0.25, -0.2) is 9.67 Å². The van der Waals surface area contributed by atoms with Crippen LogP contribution in [0.3, 0.4) is 0 Å². The Morgan fingerprint density at radius 2 is 1.63 bits per heavy atom. The van der Waals surface area contributed by atoms with Gasteiger partial charge in [-0.15, -0.1) is 0 Å². The summed E-state index contributed by atoms with van der Waals surface area (Å²) >= 11 is 0. The molecule has 5 rings (SSSR count). The first-order chi connectivity index (χ1) is 14.8. The average molecular weight is 390 g/mol. The molecule has 0 saturated heterocycles. The van der Waals surface area contributed by atoms with Gasteiger partial charge in [0.05, 0.1) is 11.4 Å². The molecule has 0 fully saturated rings. The maximum absolute atomic E-state index is 10.1. The van der Waals surface area contributed by atoms with E-state index in [9.17, 15) is 5.11 Å². The van der Waals surface area contributed by atoms with Crippen molar-refractivity contribution >= 4 is 23.1 Å². The molecule has 0 amide bonds. The van der Waals surface area contributed by atoms with Crippen molar-refractivity contribution in [2.45, 2.75) is 0 Å². The summed E-state index contributed by atoms with van der Waals surface area (Å²) in [6.45, 7) is 0. The molecule has 2 aromatic carbocycles. The Balaban J connectivity index is 1.58. The third kappa shape index (κ3) is 3.44. The van der Waals surface area contributed by atoms with Crippen molar-refractivity contribution in [1.82, 2.24) is 19.7 Å². The van der Waals surface area contributed by atoms with Gasteiger partial charge in [0.2, 0.25) is 0 Å². The van der Waals surface area contributed by atoms with Crippen molar-refractivity contribution in [3.63, 3.8) is 0 Å². The Labute approximate surface area is 173 Å². The molecule has 30 heavy (non-hydrogen) atoms. The normalized spacial score (nSPS) is 11.3. The smallest absolute Gasteiger partial charge is 0.141 e. The average Bonchev–Trinajstić information content (AvgIpc) is 3.24. The zero-order chi connectivity index (χ0) is 20.3. The lowest BCUT2D eigenvalue weighted by atomic mass is 10.1. The van der Waals surface area contributed by atoms with Gasteiger partial charge in [0.15, 0.2) is 0 Å². The molecule has 0 spiro atoms. The number of hydrogen-bond acceptors (Lipinski definition) is 4. The van der Waals surface area contributed by atoms with Crippen LogP contribution in [0.4, 0.5) is 0 Å². The fourth-order valence-corrected chi connectivity index (χ4v) is 3.37. The predicted octanol–water partition coefficient (Wildman–Crippen LogP) is 5.36. The Hall–Kier alpha value is -4.25. The van der Waals surface area contributed by atoms with E-state index >= 15 is 0 Å². The highest BCUT2D eigenvalue weighted by atomic mass is 16.3. The minimum atomic E-state index is 0.178. The fourth-order valence-electron chi connectivity index (χ4n) is 3.37. The number of pyridine rings is 2. The van der Waals surface area contributed by atoms with Crippen molar-refractivity contribution < 1.29 is 5.11 Å². The van der Waals surface area contributed by atoms with Gasteiger partial charge in [-0.05, 0) is 48.6 Å². The summed E-state index contributed by atoms with van der Waals surface area (Å²) in [5.74, 6) is 0.178. The molecule has 144 valence electrons. The summed E-state index contributed by atoms with van der Waals surface area (Å²) in [5.41, 5.74) is 5.15. The maximum atomic E-state index is 10.1. The van der Waals surface area contributed by atoms with E-state index in [1.807, 2.05) is 89.8 Å². The topological polar surface area (TPSA) is 63.8 Å². The van der Waals surface area contributed by atoms with Gasteiger partial charge in [0.1, 0.15) is 17.0 Å². The molecule has 0 radical (unpaired) electrons. The molecular formula is C25H18N4O. The molecule has 0 unspecified atom stereocenters. The van der Waals surface area contributed by atoms with E-state index in [1.165, 1.54) is 0 Å². The first-order valence-corrected chi connectivity index (χ1v) is 9.60. The Bertz CT molecular complexity index is 1340. The summed E-state index contributed by atoms with van der Waals surface area (Å²) < 4.78 is 1.87. The van der Waals surface area contributed by atoms with Gasteiger partial charge in [0, 0.05) is 35.1 Å². The molecule has 0 bridgehead atoms. The SMILES string of the molecule is Oc1cccc2ccc(/C=C/c3cn(-c4ccccc4)nc3-c3ccncc3)nc12. The monoisotopic (exact) mass is 390 g/mol. The second-order valence-electron chi connectivity index (χ2n) is 6.87. The second-order valence-corrected chi connectivity index (χ2v) is 6.87. The Morgan fingerprint density at radius 1 is 0.800 bits per heavy atom. The molecule has 1 N–H and O–H groups in total. The van der Waals surface area contributed by atoms with Crippen LogP contribution in [0.5, 0.6) is 5.75 Å². The first-order valence-electron chi connectivity index (χ1n) is 9.60. The minimum absolute atomic E-state index is 0.178. The summed E-state index contributed by atoms with van der Waals surface area (Å²) in [7, 11) is 0. The fraction of sp³-hybridized carbons (Fsp3) is 0. The summed E-state index contributed by atoms with van der Waals surface area (Å²) in [6.07, 6.45) is 9.45. The van der Waals surface area contributed by atoms with Crippen LogP contribution < -0.4 is 0 Å². The van der Waals surface area contributed by atoms with Crippen LogP contribution in [0.1, 0.15) is 11.3 Å². The van der Waals surface area contributed by atoms with Crippen molar-refractivity contribution in [2.75, 3.05) is 0 Å². The minimum Gasteiger partial charge on any atom is -0.506 e. The van der Waals surface area contributed by atoms with Crippen LogP contribution in [0.2, 0.25) is 0 Å². The maximum Gasteiger partial charge on any atom is 0.141 e. The van der Waals surface area contributed by atoms with E-state index < -0.39 is 0 Å². The lowest BCUT2D eigenvalue weighted by Crippen LogP contribution is -1.93. The van der Waals surface area contributed by atoms with E-state index in [1.54, 1.807) is 18.5 Å². The van der Waals surface area contributed by atoms with Crippen molar-refractivity contribution in [2.24, 2.45) is 0 Å². The lowest BCUT2D eigenvalue weighted by molar-refractivity contribution is 0.480. The number of phenolic OH excluding ortho intramolecular Hbond substituents is 1. The molecule has 3 aromatic heterocycles. The lowest BCUT2D eigenvalue weighted by Gasteiger charge is -2.01. The van der Waals surface area contributed by atoms with E-state index in [0.29, 0.717) is 5.52 Å². The highest BCUT2D eigenvalue weighted by Gasteiger charge is 2.10. The number of rotatable bonds is 4. The van der Waals surface area contributed by atoms with Crippen molar-refractivity contribution in [3.8, 4) is 22.7 Å². The highest BCUT2D eigenvalue weighted by Crippen LogP contribution is 2.26. The summed E-state index contributed by atoms with van der Waals surface area (Å²) in [5, 5.41) is 15.8. The number of aromatic hydroxyl groups is 1. The number of nitrogens with zero attached hydrogens (tertiary/aromatic N) is 4. The second kappa shape index (κ2) is 7.64. The molecule has 0 aliphatic carbocycles. The van der Waals surface area contributed by atoms with Crippen LogP contribution in [-0.4, -0.2) is 24.9 Å². The molecular weight excluding hydrogens is 372 g/mol. The molecule has 5 aromatic rings. The van der Waals surface area contributed by atoms with Gasteiger partial charge in [0.25, 0.3) is 0 Å². The third-order valence-electron chi connectivity index (χ3n) is 4.87. The third-order valence-corrected chi connectivity index (χ3v) is 4.87. The summed E-state index contributed by atoms with van der Waals surface area (Å²) in [4.78, 5) is 8.69. The van der Waals surface area contributed by atoms with Gasteiger partial charge >= 0.3 is 0 Å². The number of fused-ring (bicyclic) bond motifs is 1. The molecule has 3 heterocycles. The number of para-hydroxylation sites is 2. The molecule has 5 nitrogen and oxygen atoms in total. The standard InChI is InChI=1S/C25H18N4O/c30-23-8-4-5-18-9-11-21(27-25(18)23)12-10-20-17-29(22-6-2-1-3-7-22)28-24(20)19-13-15-26-16-14-19/h1-17,30H/b12-10+. The van der Waals surface area contributed by atoms with Gasteiger partial charge in [-0.3, -0.25) is 4.98 Å². The van der Waals surface area contributed by atoms with Crippen LogP contribution in [0.25, 0.3) is 40.0 Å². The number of aromatic nitrogens is 4. The molecule has 5 heteroatoms. The van der Waals surface area contributed by atoms with Crippen LogP contribution in [-0.2, 0) is 0 Å². The van der Waals surface area contributed by atoms with E-state index in [2.05, 4.69) is 9.97 Å². The number of phenols is 1. The van der Waals surface area contributed by atoms with Gasteiger partial charge < -0.3 is 5.11 Å². The molecule has 0 aliphatic heterocycles. The molecule has 0 saturated carbocycles. The van der Waals surface area contributed by atoms with E-state index in [-0.39, 0.29) is 5.75 Å². The van der Waals surface area contributed by atoms with Crippen molar-refractivity contribution in [3.05, 3.63) is 103 Å². The Morgan fingerprint density at radius 3 is 2.47 bits per heavy atom. The predicted molar refractivity (Wildman–Crippen MR) is 119 cm³/mol. The molecule has 0 aliphatic rings. The van der Waals surface area contributed by atoms with E-state index in [4.69, 9.17) is 5.10 Å². The summed E-state index contributed by atoms with van der Waals surface area (Å²) in [6, 6.07) is 23.2. The Kier molecular flexibility index (Phi) is 4.54. The zero-order valence-electron chi connectivity index (χ0n) is 16.1.